The molecule has 5 heteroatoms. The summed E-state index contributed by atoms with van der Waals surface area (Å²) in [5, 5.41) is 0. The minimum Gasteiger partial charge on any atom is -0.454 e. The molecule has 0 aliphatic rings. The van der Waals surface area contributed by atoms with Gasteiger partial charge in [0.1, 0.15) is 6.10 Å². The molecule has 0 aliphatic carbocycles. The lowest BCUT2D eigenvalue weighted by Gasteiger charge is -2.15. The van der Waals surface area contributed by atoms with Gasteiger partial charge in [0.15, 0.2) is 0 Å². The number of rotatable bonds is 3. The number of benzene rings is 2. The zero-order valence-electron chi connectivity index (χ0n) is 10.8. The highest BCUT2D eigenvalue weighted by molar-refractivity contribution is 9.11. The van der Waals surface area contributed by atoms with E-state index < -0.39 is 5.97 Å². The maximum atomic E-state index is 12.2. The molecule has 1 unspecified atom stereocenters. The van der Waals surface area contributed by atoms with Crippen molar-refractivity contribution in [2.45, 2.75) is 13.0 Å². The first-order chi connectivity index (χ1) is 9.49. The summed E-state index contributed by atoms with van der Waals surface area (Å²) in [7, 11) is 0. The highest BCUT2D eigenvalue weighted by Crippen LogP contribution is 2.30. The molecule has 0 heterocycles. The van der Waals surface area contributed by atoms with E-state index in [4.69, 9.17) is 10.5 Å². The number of nitrogen functional groups attached to an aromatic ring is 1. The van der Waals surface area contributed by atoms with Crippen molar-refractivity contribution in [2.24, 2.45) is 0 Å². The van der Waals surface area contributed by atoms with Crippen LogP contribution in [-0.2, 0) is 4.74 Å². The van der Waals surface area contributed by atoms with Gasteiger partial charge in [0.2, 0.25) is 0 Å². The van der Waals surface area contributed by atoms with Crippen molar-refractivity contribution in [2.75, 3.05) is 5.73 Å². The van der Waals surface area contributed by atoms with Crippen LogP contribution in [0.2, 0.25) is 0 Å². The molecule has 104 valence electrons. The van der Waals surface area contributed by atoms with Crippen LogP contribution in [-0.4, -0.2) is 5.97 Å². The van der Waals surface area contributed by atoms with E-state index >= 15 is 0 Å². The number of carbonyl (C=O) groups is 1. The normalized spacial score (nSPS) is 11.9. The van der Waals surface area contributed by atoms with Gasteiger partial charge in [0.25, 0.3) is 0 Å². The maximum absolute atomic E-state index is 12.2. The van der Waals surface area contributed by atoms with Crippen LogP contribution in [0.1, 0.15) is 28.9 Å². The maximum Gasteiger partial charge on any atom is 0.340 e. The van der Waals surface area contributed by atoms with Crippen LogP contribution in [0.3, 0.4) is 0 Å². The Labute approximate surface area is 134 Å². The third-order valence-electron chi connectivity index (χ3n) is 2.87. The molecular formula is C15H13Br2NO2. The van der Waals surface area contributed by atoms with E-state index in [0.29, 0.717) is 15.7 Å². The molecule has 1 atom stereocenters. The third-order valence-corrected chi connectivity index (χ3v) is 3.98. The predicted octanol–water partition coefficient (Wildman–Crippen LogP) is 4.71. The van der Waals surface area contributed by atoms with E-state index in [0.717, 1.165) is 10.0 Å². The molecule has 0 fully saturated rings. The van der Waals surface area contributed by atoms with Gasteiger partial charge in [-0.25, -0.2) is 4.79 Å². The molecule has 2 N–H and O–H groups in total. The first kappa shape index (κ1) is 15.1. The van der Waals surface area contributed by atoms with Crippen molar-refractivity contribution in [1.29, 1.82) is 0 Å². The number of carbonyl (C=O) groups excluding carboxylic acids is 1. The van der Waals surface area contributed by atoms with E-state index in [9.17, 15) is 4.79 Å². The number of nitrogens with two attached hydrogens (primary N) is 1. The monoisotopic (exact) mass is 397 g/mol. The van der Waals surface area contributed by atoms with Crippen LogP contribution in [0.4, 0.5) is 5.69 Å². The van der Waals surface area contributed by atoms with Gasteiger partial charge in [0, 0.05) is 8.95 Å². The molecule has 0 saturated carbocycles. The second-order valence-corrected chi connectivity index (χ2v) is 6.08. The Morgan fingerprint density at radius 2 is 1.85 bits per heavy atom. The first-order valence-corrected chi connectivity index (χ1v) is 7.58. The molecule has 20 heavy (non-hydrogen) atoms. The van der Waals surface area contributed by atoms with Gasteiger partial charge in [-0.05, 0) is 40.5 Å². The molecule has 2 aromatic rings. The van der Waals surface area contributed by atoms with Gasteiger partial charge in [-0.1, -0.05) is 46.3 Å². The van der Waals surface area contributed by atoms with Gasteiger partial charge in [-0.3, -0.25) is 0 Å². The molecule has 0 bridgehead atoms. The molecule has 0 aromatic heterocycles. The molecule has 3 nitrogen and oxygen atoms in total. The van der Waals surface area contributed by atoms with Gasteiger partial charge >= 0.3 is 5.97 Å². The van der Waals surface area contributed by atoms with Crippen LogP contribution in [0.5, 0.6) is 0 Å². The molecule has 0 amide bonds. The van der Waals surface area contributed by atoms with Gasteiger partial charge in [-0.2, -0.15) is 0 Å². The highest BCUT2D eigenvalue weighted by Gasteiger charge is 2.18. The van der Waals surface area contributed by atoms with Crippen molar-refractivity contribution in [3.8, 4) is 0 Å². The third kappa shape index (κ3) is 3.41. The quantitative estimate of drug-likeness (QED) is 0.601. The lowest BCUT2D eigenvalue weighted by atomic mass is 10.1. The molecule has 0 aliphatic heterocycles. The molecule has 2 aromatic carbocycles. The van der Waals surface area contributed by atoms with Crippen molar-refractivity contribution in [3.63, 3.8) is 0 Å². The summed E-state index contributed by atoms with van der Waals surface area (Å²) in [6.07, 6.45) is -0.333. The average Bonchev–Trinajstić information content (AvgIpc) is 2.43. The number of hydrogen-bond donors (Lipinski definition) is 1. The van der Waals surface area contributed by atoms with Crippen molar-refractivity contribution in [1.82, 2.24) is 0 Å². The van der Waals surface area contributed by atoms with Gasteiger partial charge in [-0.15, -0.1) is 0 Å². The van der Waals surface area contributed by atoms with Crippen molar-refractivity contribution in [3.05, 3.63) is 62.5 Å². The average molecular weight is 399 g/mol. The van der Waals surface area contributed by atoms with Crippen LogP contribution < -0.4 is 5.73 Å². The summed E-state index contributed by atoms with van der Waals surface area (Å²) in [5.41, 5.74) is 7.55. The smallest absolute Gasteiger partial charge is 0.340 e. The summed E-state index contributed by atoms with van der Waals surface area (Å²) >= 11 is 6.65. The van der Waals surface area contributed by atoms with E-state index in [1.54, 1.807) is 12.1 Å². The topological polar surface area (TPSA) is 52.3 Å². The van der Waals surface area contributed by atoms with Crippen LogP contribution in [0, 0.1) is 0 Å². The second kappa shape index (κ2) is 6.41. The SMILES string of the molecule is CC(OC(=O)c1cc(Br)cc(Br)c1N)c1ccccc1. The fourth-order valence-electron chi connectivity index (χ4n) is 1.77. The minimum atomic E-state index is -0.444. The fraction of sp³-hybridized carbons (Fsp3) is 0.133. The summed E-state index contributed by atoms with van der Waals surface area (Å²) in [6, 6.07) is 13.0. The zero-order chi connectivity index (χ0) is 14.7. The molecule has 2 rings (SSSR count). The predicted molar refractivity (Wildman–Crippen MR) is 86.5 cm³/mol. The van der Waals surface area contributed by atoms with E-state index in [-0.39, 0.29) is 6.10 Å². The second-order valence-electron chi connectivity index (χ2n) is 4.31. The Morgan fingerprint density at radius 1 is 1.20 bits per heavy atom. The van der Waals surface area contributed by atoms with Crippen LogP contribution in [0.15, 0.2) is 51.4 Å². The molecular weight excluding hydrogens is 386 g/mol. The summed E-state index contributed by atoms with van der Waals surface area (Å²) in [5.74, 6) is -0.444. The van der Waals surface area contributed by atoms with Crippen LogP contribution >= 0.6 is 31.9 Å². The fourth-order valence-corrected chi connectivity index (χ4v) is 3.00. The Bertz CT molecular complexity index is 629. The van der Waals surface area contributed by atoms with E-state index in [1.807, 2.05) is 37.3 Å². The van der Waals surface area contributed by atoms with Crippen molar-refractivity contribution < 1.29 is 9.53 Å². The Hall–Kier alpha value is -1.33. The summed E-state index contributed by atoms with van der Waals surface area (Å²) in [6.45, 7) is 1.83. The first-order valence-electron chi connectivity index (χ1n) is 5.99. The number of ether oxygens (including phenoxy) is 1. The number of anilines is 1. The number of halogens is 2. The van der Waals surface area contributed by atoms with E-state index in [2.05, 4.69) is 31.9 Å². The molecule has 0 spiro atoms. The van der Waals surface area contributed by atoms with Crippen molar-refractivity contribution >= 4 is 43.5 Å². The summed E-state index contributed by atoms with van der Waals surface area (Å²) in [4.78, 5) is 12.2. The van der Waals surface area contributed by atoms with E-state index in [1.165, 1.54) is 0 Å². The summed E-state index contributed by atoms with van der Waals surface area (Å²) < 4.78 is 6.87. The van der Waals surface area contributed by atoms with Gasteiger partial charge < -0.3 is 10.5 Å². The highest BCUT2D eigenvalue weighted by atomic mass is 79.9. The molecule has 0 saturated heterocycles. The lowest BCUT2D eigenvalue weighted by Crippen LogP contribution is -2.11. The van der Waals surface area contributed by atoms with Gasteiger partial charge in [0.05, 0.1) is 11.3 Å². The molecule has 0 radical (unpaired) electrons. The minimum absolute atomic E-state index is 0.333. The largest absolute Gasteiger partial charge is 0.454 e. The standard InChI is InChI=1S/C15H13Br2NO2/c1-9(10-5-3-2-4-6-10)20-15(19)12-7-11(16)8-13(17)14(12)18/h2-9H,18H2,1H3. The lowest BCUT2D eigenvalue weighted by molar-refractivity contribution is 0.0339. The van der Waals surface area contributed by atoms with Crippen LogP contribution in [0.25, 0.3) is 0 Å². The number of hydrogen-bond acceptors (Lipinski definition) is 3. The Kier molecular flexibility index (Phi) is 4.83. The Morgan fingerprint density at radius 3 is 2.50 bits per heavy atom. The Balaban J connectivity index is 2.21. The number of esters is 1. The zero-order valence-corrected chi connectivity index (χ0v) is 13.9.